The maximum atomic E-state index is 12.4. The van der Waals surface area contributed by atoms with E-state index in [4.69, 9.17) is 17.3 Å². The molecule has 0 aliphatic heterocycles. The summed E-state index contributed by atoms with van der Waals surface area (Å²) in [5.74, 6) is -0.160. The monoisotopic (exact) mass is 338 g/mol. The molecule has 2 aromatic carbocycles. The highest BCUT2D eigenvalue weighted by Gasteiger charge is 2.16. The fourth-order valence-corrected chi connectivity index (χ4v) is 2.15. The minimum atomic E-state index is -0.160. The highest BCUT2D eigenvalue weighted by Crippen LogP contribution is 2.26. The van der Waals surface area contributed by atoms with E-state index < -0.39 is 0 Å². The average molecular weight is 340 g/mol. The molecule has 0 heterocycles. The minimum Gasteiger partial charge on any atom is -0.397 e. The van der Waals surface area contributed by atoms with E-state index >= 15 is 0 Å². The maximum absolute atomic E-state index is 12.4. The van der Waals surface area contributed by atoms with Crippen LogP contribution in [0.15, 0.2) is 46.9 Å². The predicted molar refractivity (Wildman–Crippen MR) is 82.7 cm³/mol. The van der Waals surface area contributed by atoms with Crippen LogP contribution in [0.2, 0.25) is 5.02 Å². The molecule has 0 fully saturated rings. The van der Waals surface area contributed by atoms with E-state index in [1.54, 1.807) is 37.4 Å². The van der Waals surface area contributed by atoms with Gasteiger partial charge in [-0.2, -0.15) is 0 Å². The van der Waals surface area contributed by atoms with Gasteiger partial charge in [-0.25, -0.2) is 0 Å². The summed E-state index contributed by atoms with van der Waals surface area (Å²) in [4.78, 5) is 13.9. The van der Waals surface area contributed by atoms with Gasteiger partial charge in [-0.05, 0) is 46.3 Å². The quantitative estimate of drug-likeness (QED) is 0.842. The third kappa shape index (κ3) is 2.91. The normalized spacial score (nSPS) is 10.3. The van der Waals surface area contributed by atoms with Crippen molar-refractivity contribution in [3.8, 4) is 0 Å². The lowest BCUT2D eigenvalue weighted by molar-refractivity contribution is 0.0993. The van der Waals surface area contributed by atoms with Gasteiger partial charge in [0.25, 0.3) is 5.91 Å². The lowest BCUT2D eigenvalue weighted by atomic mass is 10.2. The summed E-state index contributed by atoms with van der Waals surface area (Å²) in [5.41, 5.74) is 7.61. The first-order valence-corrected chi connectivity index (χ1v) is 6.75. The molecule has 0 aromatic heterocycles. The summed E-state index contributed by atoms with van der Waals surface area (Å²) >= 11 is 9.29. The standard InChI is InChI=1S/C14H12BrClN2O/c1-18(13-5-3-2-4-12(13)17)14(19)9-6-7-10(15)11(16)8-9/h2-8H,17H2,1H3. The van der Waals surface area contributed by atoms with Gasteiger partial charge in [0.1, 0.15) is 0 Å². The molecule has 0 unspecified atom stereocenters. The van der Waals surface area contributed by atoms with Crippen molar-refractivity contribution in [2.75, 3.05) is 17.7 Å². The van der Waals surface area contributed by atoms with Gasteiger partial charge in [-0.3, -0.25) is 4.79 Å². The van der Waals surface area contributed by atoms with Crippen LogP contribution in [-0.2, 0) is 0 Å². The van der Waals surface area contributed by atoms with Gasteiger partial charge in [-0.1, -0.05) is 23.7 Å². The first-order chi connectivity index (χ1) is 9.00. The van der Waals surface area contributed by atoms with E-state index in [1.807, 2.05) is 12.1 Å². The molecule has 2 aromatic rings. The number of anilines is 2. The van der Waals surface area contributed by atoms with Crippen LogP contribution in [0.1, 0.15) is 10.4 Å². The van der Waals surface area contributed by atoms with Crippen LogP contribution in [-0.4, -0.2) is 13.0 Å². The summed E-state index contributed by atoms with van der Waals surface area (Å²) in [6, 6.07) is 12.3. The van der Waals surface area contributed by atoms with Crippen LogP contribution in [0.3, 0.4) is 0 Å². The van der Waals surface area contributed by atoms with Gasteiger partial charge in [-0.15, -0.1) is 0 Å². The molecule has 0 aliphatic carbocycles. The fourth-order valence-electron chi connectivity index (χ4n) is 1.73. The van der Waals surface area contributed by atoms with Crippen molar-refractivity contribution >= 4 is 44.8 Å². The molecule has 0 bridgehead atoms. The summed E-state index contributed by atoms with van der Waals surface area (Å²) in [7, 11) is 1.68. The number of benzene rings is 2. The summed E-state index contributed by atoms with van der Waals surface area (Å²) in [5, 5.41) is 0.500. The first-order valence-electron chi connectivity index (χ1n) is 5.58. The van der Waals surface area contributed by atoms with Crippen LogP contribution in [0, 0.1) is 0 Å². The molecule has 3 nitrogen and oxygen atoms in total. The van der Waals surface area contributed by atoms with Gasteiger partial charge in [0.2, 0.25) is 0 Å². The zero-order chi connectivity index (χ0) is 14.0. The molecule has 0 saturated carbocycles. The van der Waals surface area contributed by atoms with Crippen molar-refractivity contribution in [2.45, 2.75) is 0 Å². The molecule has 1 amide bonds. The van der Waals surface area contributed by atoms with Gasteiger partial charge in [0.05, 0.1) is 16.4 Å². The Balaban J connectivity index is 2.34. The molecule has 5 heteroatoms. The Morgan fingerprint density at radius 3 is 2.58 bits per heavy atom. The van der Waals surface area contributed by atoms with Crippen LogP contribution >= 0.6 is 27.5 Å². The molecule has 2 rings (SSSR count). The van der Waals surface area contributed by atoms with Crippen molar-refractivity contribution in [2.24, 2.45) is 0 Å². The van der Waals surface area contributed by atoms with E-state index in [9.17, 15) is 4.79 Å². The average Bonchev–Trinajstić information content (AvgIpc) is 2.41. The molecule has 98 valence electrons. The van der Waals surface area contributed by atoms with Crippen molar-refractivity contribution in [1.82, 2.24) is 0 Å². The maximum Gasteiger partial charge on any atom is 0.258 e. The highest BCUT2D eigenvalue weighted by molar-refractivity contribution is 9.10. The number of halogens is 2. The third-order valence-electron chi connectivity index (χ3n) is 2.77. The number of amides is 1. The Bertz CT molecular complexity index is 631. The summed E-state index contributed by atoms with van der Waals surface area (Å²) in [6.07, 6.45) is 0. The second kappa shape index (κ2) is 5.63. The number of nitrogen functional groups attached to an aromatic ring is 1. The van der Waals surface area contributed by atoms with Crippen LogP contribution < -0.4 is 10.6 Å². The van der Waals surface area contributed by atoms with Crippen molar-refractivity contribution < 1.29 is 4.79 Å². The Morgan fingerprint density at radius 2 is 1.95 bits per heavy atom. The smallest absolute Gasteiger partial charge is 0.258 e. The largest absolute Gasteiger partial charge is 0.397 e. The minimum absolute atomic E-state index is 0.160. The number of hydrogen-bond acceptors (Lipinski definition) is 2. The van der Waals surface area contributed by atoms with E-state index in [0.717, 1.165) is 4.47 Å². The predicted octanol–water partition coefficient (Wildman–Crippen LogP) is 3.96. The van der Waals surface area contributed by atoms with E-state index in [-0.39, 0.29) is 5.91 Å². The van der Waals surface area contributed by atoms with E-state index in [2.05, 4.69) is 15.9 Å². The van der Waals surface area contributed by atoms with Crippen LogP contribution in [0.25, 0.3) is 0 Å². The van der Waals surface area contributed by atoms with Crippen LogP contribution in [0.4, 0.5) is 11.4 Å². The van der Waals surface area contributed by atoms with Gasteiger partial charge in [0.15, 0.2) is 0 Å². The number of nitrogens with zero attached hydrogens (tertiary/aromatic N) is 1. The van der Waals surface area contributed by atoms with Crippen molar-refractivity contribution in [1.29, 1.82) is 0 Å². The number of para-hydroxylation sites is 2. The second-order valence-corrected chi connectivity index (χ2v) is 5.31. The second-order valence-electron chi connectivity index (χ2n) is 4.05. The van der Waals surface area contributed by atoms with Crippen molar-refractivity contribution in [3.05, 3.63) is 57.5 Å². The zero-order valence-corrected chi connectivity index (χ0v) is 12.6. The lowest BCUT2D eigenvalue weighted by Crippen LogP contribution is -2.26. The van der Waals surface area contributed by atoms with E-state index in [1.165, 1.54) is 4.90 Å². The lowest BCUT2D eigenvalue weighted by Gasteiger charge is -2.19. The van der Waals surface area contributed by atoms with Gasteiger partial charge >= 0.3 is 0 Å². The third-order valence-corrected chi connectivity index (χ3v) is 4.00. The van der Waals surface area contributed by atoms with Crippen LogP contribution in [0.5, 0.6) is 0 Å². The molecular weight excluding hydrogens is 328 g/mol. The topological polar surface area (TPSA) is 46.3 Å². The Labute approximate surface area is 125 Å². The van der Waals surface area contributed by atoms with E-state index in [0.29, 0.717) is 22.0 Å². The SMILES string of the molecule is CN(C(=O)c1ccc(Br)c(Cl)c1)c1ccccc1N. The summed E-state index contributed by atoms with van der Waals surface area (Å²) < 4.78 is 0.757. The Hall–Kier alpha value is -1.52. The number of hydrogen-bond donors (Lipinski definition) is 1. The Morgan fingerprint density at radius 1 is 1.26 bits per heavy atom. The molecule has 2 N–H and O–H groups in total. The number of carbonyl (C=O) groups is 1. The Kier molecular flexibility index (Phi) is 4.12. The molecule has 0 radical (unpaired) electrons. The highest BCUT2D eigenvalue weighted by atomic mass is 79.9. The fraction of sp³-hybridized carbons (Fsp3) is 0.0714. The number of carbonyl (C=O) groups excluding carboxylic acids is 1. The number of rotatable bonds is 2. The van der Waals surface area contributed by atoms with Crippen molar-refractivity contribution in [3.63, 3.8) is 0 Å². The molecule has 0 aliphatic rings. The zero-order valence-electron chi connectivity index (χ0n) is 10.2. The molecule has 0 spiro atoms. The number of nitrogens with two attached hydrogens (primary N) is 1. The summed E-state index contributed by atoms with van der Waals surface area (Å²) in [6.45, 7) is 0. The first kappa shape index (κ1) is 13.9. The molecular formula is C14H12BrClN2O. The molecule has 19 heavy (non-hydrogen) atoms. The molecule has 0 atom stereocenters. The van der Waals surface area contributed by atoms with Gasteiger partial charge < -0.3 is 10.6 Å². The molecule has 0 saturated heterocycles. The van der Waals surface area contributed by atoms with Gasteiger partial charge in [0, 0.05) is 17.1 Å².